The molecule has 6 nitrogen and oxygen atoms in total. The molecule has 0 aliphatic carbocycles. The lowest BCUT2D eigenvalue weighted by molar-refractivity contribution is -0.384. The fourth-order valence-electron chi connectivity index (χ4n) is 4.20. The molecule has 0 amide bonds. The number of para-hydroxylation sites is 1. The number of nitro benzene ring substituents is 1. The fourth-order valence-corrected chi connectivity index (χ4v) is 4.20. The zero-order valence-electron chi connectivity index (χ0n) is 17.9. The molecule has 0 aliphatic rings. The van der Waals surface area contributed by atoms with Gasteiger partial charge in [-0.25, -0.2) is 9.97 Å². The van der Waals surface area contributed by atoms with E-state index < -0.39 is 0 Å². The summed E-state index contributed by atoms with van der Waals surface area (Å²) < 4.78 is 6.24. The van der Waals surface area contributed by atoms with Gasteiger partial charge in [0.2, 0.25) is 0 Å². The highest BCUT2D eigenvalue weighted by Crippen LogP contribution is 2.38. The third kappa shape index (κ3) is 3.29. The molecule has 6 aromatic rings. The van der Waals surface area contributed by atoms with Crippen molar-refractivity contribution in [3.8, 4) is 33.8 Å². The molecule has 0 saturated heterocycles. The summed E-state index contributed by atoms with van der Waals surface area (Å²) in [5, 5.41) is 12.4. The first-order chi connectivity index (χ1) is 16.7. The smallest absolute Gasteiger partial charge is 0.277 e. The third-order valence-electron chi connectivity index (χ3n) is 5.80. The van der Waals surface area contributed by atoms with Crippen LogP contribution >= 0.6 is 0 Å². The highest BCUT2D eigenvalue weighted by molar-refractivity contribution is 6.08. The largest absolute Gasteiger partial charge is 0.452 e. The number of rotatable bonds is 4. The van der Waals surface area contributed by atoms with Crippen molar-refractivity contribution in [2.75, 3.05) is 0 Å². The molecule has 0 N–H and O–H groups in total. The standard InChI is InChI=1S/C28H17N3O3/c32-31(33)23-14-8-7-13-21(23)20-15-16-24-22(17-20)26-27(34-24)25(18-9-3-1-4-10-18)29-28(30-26)19-11-5-2-6-12-19/h1-17H. The normalized spacial score (nSPS) is 11.2. The molecular formula is C28H17N3O3. The second-order valence-electron chi connectivity index (χ2n) is 7.89. The summed E-state index contributed by atoms with van der Waals surface area (Å²) >= 11 is 0. The van der Waals surface area contributed by atoms with E-state index in [1.54, 1.807) is 18.2 Å². The Kier molecular flexibility index (Phi) is 4.63. The minimum absolute atomic E-state index is 0.0548. The maximum atomic E-state index is 11.6. The molecular weight excluding hydrogens is 426 g/mol. The number of nitrogens with zero attached hydrogens (tertiary/aromatic N) is 3. The van der Waals surface area contributed by atoms with Crippen molar-refractivity contribution in [3.05, 3.63) is 113 Å². The Balaban J connectivity index is 1.66. The highest BCUT2D eigenvalue weighted by Gasteiger charge is 2.20. The third-order valence-corrected chi connectivity index (χ3v) is 5.80. The van der Waals surface area contributed by atoms with Crippen molar-refractivity contribution in [1.29, 1.82) is 0 Å². The molecule has 34 heavy (non-hydrogen) atoms. The van der Waals surface area contributed by atoms with Crippen LogP contribution in [0.4, 0.5) is 5.69 Å². The number of benzene rings is 4. The van der Waals surface area contributed by atoms with Crippen LogP contribution in [0.25, 0.3) is 55.8 Å². The molecule has 0 bridgehead atoms. The molecule has 0 aliphatic heterocycles. The van der Waals surface area contributed by atoms with E-state index in [2.05, 4.69) is 0 Å². The summed E-state index contributed by atoms with van der Waals surface area (Å²) in [6, 6.07) is 31.9. The van der Waals surface area contributed by atoms with Gasteiger partial charge in [-0.15, -0.1) is 0 Å². The Hall–Kier alpha value is -4.84. The molecule has 4 aromatic carbocycles. The van der Waals surface area contributed by atoms with Crippen LogP contribution in [0.1, 0.15) is 0 Å². The van der Waals surface area contributed by atoms with Crippen LogP contribution in [0.15, 0.2) is 108 Å². The van der Waals surface area contributed by atoms with Crippen molar-refractivity contribution in [1.82, 2.24) is 9.97 Å². The summed E-state index contributed by atoms with van der Waals surface area (Å²) in [7, 11) is 0. The van der Waals surface area contributed by atoms with Gasteiger partial charge in [0.1, 0.15) is 16.8 Å². The van der Waals surface area contributed by atoms with E-state index in [0.29, 0.717) is 33.8 Å². The van der Waals surface area contributed by atoms with E-state index in [-0.39, 0.29) is 10.6 Å². The summed E-state index contributed by atoms with van der Waals surface area (Å²) in [4.78, 5) is 21.0. The maximum Gasteiger partial charge on any atom is 0.277 e. The van der Waals surface area contributed by atoms with Gasteiger partial charge in [0, 0.05) is 22.6 Å². The Labute approximate surface area is 194 Å². The van der Waals surface area contributed by atoms with Crippen LogP contribution < -0.4 is 0 Å². The minimum atomic E-state index is -0.365. The highest BCUT2D eigenvalue weighted by atomic mass is 16.6. The van der Waals surface area contributed by atoms with Crippen LogP contribution in [-0.2, 0) is 0 Å². The van der Waals surface area contributed by atoms with E-state index in [4.69, 9.17) is 14.4 Å². The van der Waals surface area contributed by atoms with Crippen LogP contribution in [0, 0.1) is 10.1 Å². The Morgan fingerprint density at radius 3 is 2.12 bits per heavy atom. The first-order valence-electron chi connectivity index (χ1n) is 10.8. The van der Waals surface area contributed by atoms with E-state index in [9.17, 15) is 10.1 Å². The van der Waals surface area contributed by atoms with Crippen molar-refractivity contribution in [2.45, 2.75) is 0 Å². The van der Waals surface area contributed by atoms with Crippen LogP contribution in [-0.4, -0.2) is 14.9 Å². The number of hydrogen-bond acceptors (Lipinski definition) is 5. The van der Waals surface area contributed by atoms with Crippen LogP contribution in [0.5, 0.6) is 0 Å². The van der Waals surface area contributed by atoms with Gasteiger partial charge >= 0.3 is 0 Å². The molecule has 6 heteroatoms. The van der Waals surface area contributed by atoms with Crippen molar-refractivity contribution in [3.63, 3.8) is 0 Å². The second kappa shape index (κ2) is 7.94. The summed E-state index contributed by atoms with van der Waals surface area (Å²) in [5.74, 6) is 0.589. The maximum absolute atomic E-state index is 11.6. The average Bonchev–Trinajstić information content (AvgIpc) is 3.27. The topological polar surface area (TPSA) is 82.1 Å². The molecule has 0 saturated carbocycles. The first kappa shape index (κ1) is 19.8. The van der Waals surface area contributed by atoms with Crippen LogP contribution in [0.2, 0.25) is 0 Å². The Morgan fingerprint density at radius 2 is 1.38 bits per heavy atom. The van der Waals surface area contributed by atoms with Gasteiger partial charge in [0.25, 0.3) is 5.69 Å². The van der Waals surface area contributed by atoms with Gasteiger partial charge in [-0.1, -0.05) is 78.9 Å². The van der Waals surface area contributed by atoms with Gasteiger partial charge in [0.15, 0.2) is 11.4 Å². The summed E-state index contributed by atoms with van der Waals surface area (Å²) in [6.45, 7) is 0. The zero-order valence-corrected chi connectivity index (χ0v) is 17.9. The first-order valence-corrected chi connectivity index (χ1v) is 10.8. The Bertz CT molecular complexity index is 1680. The number of fused-ring (bicyclic) bond motifs is 3. The summed E-state index contributed by atoms with van der Waals surface area (Å²) in [5.41, 5.74) is 5.74. The van der Waals surface area contributed by atoms with E-state index in [0.717, 1.165) is 22.1 Å². The second-order valence-corrected chi connectivity index (χ2v) is 7.89. The molecule has 0 unspecified atom stereocenters. The molecule has 2 heterocycles. The molecule has 2 aromatic heterocycles. The van der Waals surface area contributed by atoms with Gasteiger partial charge < -0.3 is 4.42 Å². The monoisotopic (exact) mass is 443 g/mol. The quantitative estimate of drug-likeness (QED) is 0.211. The molecule has 0 atom stereocenters. The van der Waals surface area contributed by atoms with Gasteiger partial charge in [0.05, 0.1) is 10.5 Å². The molecule has 0 fully saturated rings. The predicted molar refractivity (Wildman–Crippen MR) is 132 cm³/mol. The lowest BCUT2D eigenvalue weighted by Gasteiger charge is -2.06. The lowest BCUT2D eigenvalue weighted by Crippen LogP contribution is -1.93. The molecule has 0 spiro atoms. The lowest BCUT2D eigenvalue weighted by atomic mass is 10.0. The van der Waals surface area contributed by atoms with Gasteiger partial charge in [-0.05, 0) is 23.8 Å². The van der Waals surface area contributed by atoms with Crippen molar-refractivity contribution < 1.29 is 9.34 Å². The average molecular weight is 443 g/mol. The van der Waals surface area contributed by atoms with E-state index in [1.807, 2.05) is 78.9 Å². The number of furan rings is 1. The SMILES string of the molecule is O=[N+]([O-])c1ccccc1-c1ccc2oc3c(-c4ccccc4)nc(-c4ccccc4)nc3c2c1. The zero-order chi connectivity index (χ0) is 23.1. The van der Waals surface area contributed by atoms with Crippen molar-refractivity contribution in [2.24, 2.45) is 0 Å². The van der Waals surface area contributed by atoms with E-state index >= 15 is 0 Å². The minimum Gasteiger partial charge on any atom is -0.452 e. The number of hydrogen-bond donors (Lipinski definition) is 0. The van der Waals surface area contributed by atoms with Crippen LogP contribution in [0.3, 0.4) is 0 Å². The van der Waals surface area contributed by atoms with Crippen molar-refractivity contribution >= 4 is 27.8 Å². The van der Waals surface area contributed by atoms with Gasteiger partial charge in [-0.3, -0.25) is 10.1 Å². The number of nitro groups is 1. The molecule has 6 rings (SSSR count). The van der Waals surface area contributed by atoms with Gasteiger partial charge in [-0.2, -0.15) is 0 Å². The number of aromatic nitrogens is 2. The molecule has 162 valence electrons. The Morgan fingerprint density at radius 1 is 0.706 bits per heavy atom. The predicted octanol–water partition coefficient (Wildman–Crippen LogP) is 7.29. The fraction of sp³-hybridized carbons (Fsp3) is 0. The van der Waals surface area contributed by atoms with E-state index in [1.165, 1.54) is 6.07 Å². The summed E-state index contributed by atoms with van der Waals surface area (Å²) in [6.07, 6.45) is 0. The molecule has 0 radical (unpaired) electrons.